The van der Waals surface area contributed by atoms with Gasteiger partial charge in [-0.25, -0.2) is 8.42 Å². The number of sulfonamides is 1. The van der Waals surface area contributed by atoms with Crippen LogP contribution in [0.2, 0.25) is 0 Å². The number of hydrogen-bond donors (Lipinski definition) is 3. The minimum absolute atomic E-state index is 0.0247. The van der Waals surface area contributed by atoms with E-state index in [4.69, 9.17) is 0 Å². The van der Waals surface area contributed by atoms with Gasteiger partial charge in [-0.15, -0.1) is 0 Å². The van der Waals surface area contributed by atoms with E-state index in [-0.39, 0.29) is 22.4 Å². The standard InChI is InChI=1S/C24H23N3O4S/c1-16-8-10-20(11-9-16)27-32(30,31)22-7-3-5-18(15-22)24(29)26-21-6-2-4-17(14-21)23(28)25-19-12-13-19/h2-11,14-15,19,27H,12-13H2,1H3,(H,25,28)(H,26,29). The molecule has 0 saturated heterocycles. The average Bonchev–Trinajstić information content (AvgIpc) is 3.59. The summed E-state index contributed by atoms with van der Waals surface area (Å²) >= 11 is 0. The molecule has 1 saturated carbocycles. The number of amides is 2. The van der Waals surface area contributed by atoms with Crippen molar-refractivity contribution in [2.75, 3.05) is 10.0 Å². The molecule has 4 rings (SSSR count). The van der Waals surface area contributed by atoms with Crippen molar-refractivity contribution < 1.29 is 18.0 Å². The van der Waals surface area contributed by atoms with Crippen LogP contribution >= 0.6 is 0 Å². The first kappa shape index (κ1) is 21.6. The molecule has 0 heterocycles. The number of carbonyl (C=O) groups is 2. The zero-order chi connectivity index (χ0) is 22.7. The van der Waals surface area contributed by atoms with Crippen molar-refractivity contribution in [1.29, 1.82) is 0 Å². The van der Waals surface area contributed by atoms with Crippen molar-refractivity contribution in [2.24, 2.45) is 0 Å². The summed E-state index contributed by atoms with van der Waals surface area (Å²) in [4.78, 5) is 24.9. The number of carbonyl (C=O) groups excluding carboxylic acids is 2. The molecule has 0 spiro atoms. The number of aryl methyl sites for hydroxylation is 1. The van der Waals surface area contributed by atoms with E-state index < -0.39 is 15.9 Å². The van der Waals surface area contributed by atoms with Gasteiger partial charge >= 0.3 is 0 Å². The highest BCUT2D eigenvalue weighted by atomic mass is 32.2. The first-order valence-corrected chi connectivity index (χ1v) is 11.7. The number of benzene rings is 3. The average molecular weight is 450 g/mol. The van der Waals surface area contributed by atoms with Crippen molar-refractivity contribution in [3.05, 3.63) is 89.5 Å². The molecule has 0 aromatic heterocycles. The van der Waals surface area contributed by atoms with Gasteiger partial charge in [-0.1, -0.05) is 29.8 Å². The van der Waals surface area contributed by atoms with Crippen molar-refractivity contribution in [2.45, 2.75) is 30.7 Å². The molecule has 0 aliphatic heterocycles. The first-order valence-electron chi connectivity index (χ1n) is 10.2. The van der Waals surface area contributed by atoms with Crippen LogP contribution in [0.15, 0.2) is 77.7 Å². The van der Waals surface area contributed by atoms with Gasteiger partial charge in [0.05, 0.1) is 4.90 Å². The molecule has 7 nitrogen and oxygen atoms in total. The fourth-order valence-corrected chi connectivity index (χ4v) is 4.18. The lowest BCUT2D eigenvalue weighted by Crippen LogP contribution is -2.25. The fourth-order valence-electron chi connectivity index (χ4n) is 3.08. The molecule has 2 amide bonds. The van der Waals surface area contributed by atoms with Crippen molar-refractivity contribution in [3.8, 4) is 0 Å². The highest BCUT2D eigenvalue weighted by Gasteiger charge is 2.24. The van der Waals surface area contributed by atoms with Crippen LogP contribution in [-0.2, 0) is 10.0 Å². The Hall–Kier alpha value is -3.65. The largest absolute Gasteiger partial charge is 0.349 e. The SMILES string of the molecule is Cc1ccc(NS(=O)(=O)c2cccc(C(=O)Nc3cccc(C(=O)NC4CC4)c3)c2)cc1. The van der Waals surface area contributed by atoms with Crippen molar-refractivity contribution >= 4 is 33.2 Å². The van der Waals surface area contributed by atoms with E-state index >= 15 is 0 Å². The highest BCUT2D eigenvalue weighted by molar-refractivity contribution is 7.92. The number of anilines is 2. The Morgan fingerprint density at radius 2 is 1.47 bits per heavy atom. The lowest BCUT2D eigenvalue weighted by molar-refractivity contribution is 0.0949. The van der Waals surface area contributed by atoms with Gasteiger partial charge in [0.2, 0.25) is 0 Å². The fraction of sp³-hybridized carbons (Fsp3) is 0.167. The first-order chi connectivity index (χ1) is 15.3. The minimum Gasteiger partial charge on any atom is -0.349 e. The second-order valence-corrected chi connectivity index (χ2v) is 9.46. The van der Waals surface area contributed by atoms with Crippen molar-refractivity contribution in [1.82, 2.24) is 5.32 Å². The number of hydrogen-bond acceptors (Lipinski definition) is 4. The zero-order valence-corrected chi connectivity index (χ0v) is 18.3. The van der Waals surface area contributed by atoms with Gasteiger partial charge in [-0.05, 0) is 68.3 Å². The van der Waals surface area contributed by atoms with Crippen LogP contribution in [0.5, 0.6) is 0 Å². The molecule has 164 valence electrons. The molecule has 0 radical (unpaired) electrons. The summed E-state index contributed by atoms with van der Waals surface area (Å²) in [5.74, 6) is -0.656. The Bertz CT molecular complexity index is 1270. The smallest absolute Gasteiger partial charge is 0.261 e. The monoisotopic (exact) mass is 449 g/mol. The number of nitrogens with one attached hydrogen (secondary N) is 3. The van der Waals surface area contributed by atoms with Gasteiger partial charge in [-0.3, -0.25) is 14.3 Å². The summed E-state index contributed by atoms with van der Waals surface area (Å²) in [7, 11) is -3.86. The molecule has 32 heavy (non-hydrogen) atoms. The molecule has 0 unspecified atom stereocenters. The predicted molar refractivity (Wildman–Crippen MR) is 123 cm³/mol. The van der Waals surface area contributed by atoms with Gasteiger partial charge in [-0.2, -0.15) is 0 Å². The zero-order valence-electron chi connectivity index (χ0n) is 17.5. The third-order valence-electron chi connectivity index (χ3n) is 5.01. The Morgan fingerprint density at radius 1 is 0.812 bits per heavy atom. The second-order valence-electron chi connectivity index (χ2n) is 7.78. The summed E-state index contributed by atoms with van der Waals surface area (Å²) in [5.41, 5.74) is 2.54. The molecule has 8 heteroatoms. The van der Waals surface area contributed by atoms with Crippen LogP contribution in [-0.4, -0.2) is 26.3 Å². The maximum Gasteiger partial charge on any atom is 0.261 e. The van der Waals surface area contributed by atoms with E-state index in [1.165, 1.54) is 24.3 Å². The Morgan fingerprint density at radius 3 is 2.16 bits per heavy atom. The summed E-state index contributed by atoms with van der Waals surface area (Å²) in [6.45, 7) is 1.91. The van der Waals surface area contributed by atoms with E-state index in [0.29, 0.717) is 16.9 Å². The Labute approximate surface area is 186 Å². The van der Waals surface area contributed by atoms with Crippen LogP contribution < -0.4 is 15.4 Å². The van der Waals surface area contributed by atoms with Crippen LogP contribution in [0.25, 0.3) is 0 Å². The van der Waals surface area contributed by atoms with Gasteiger partial charge in [0.25, 0.3) is 21.8 Å². The topological polar surface area (TPSA) is 104 Å². The molecule has 3 aromatic rings. The summed E-state index contributed by atoms with van der Waals surface area (Å²) in [6.07, 6.45) is 1.97. The maximum absolute atomic E-state index is 12.7. The molecular formula is C24H23N3O4S. The quantitative estimate of drug-likeness (QED) is 0.508. The predicted octanol–water partition coefficient (Wildman–Crippen LogP) is 3.94. The molecule has 1 fully saturated rings. The third-order valence-corrected chi connectivity index (χ3v) is 6.38. The highest BCUT2D eigenvalue weighted by Crippen LogP contribution is 2.21. The molecule has 0 atom stereocenters. The molecule has 3 aromatic carbocycles. The summed E-state index contributed by atoms with van der Waals surface area (Å²) < 4.78 is 28.0. The van der Waals surface area contributed by atoms with Gasteiger partial charge in [0.15, 0.2) is 0 Å². The van der Waals surface area contributed by atoms with Gasteiger partial charge < -0.3 is 10.6 Å². The normalized spacial score (nSPS) is 13.3. The van der Waals surface area contributed by atoms with Gasteiger partial charge in [0, 0.05) is 28.5 Å². The molecule has 1 aliphatic rings. The molecule has 1 aliphatic carbocycles. The molecule has 0 bridgehead atoms. The third kappa shape index (κ3) is 5.33. The Balaban J connectivity index is 1.48. The van der Waals surface area contributed by atoms with Crippen LogP contribution in [0.4, 0.5) is 11.4 Å². The van der Waals surface area contributed by atoms with E-state index in [1.807, 2.05) is 6.92 Å². The van der Waals surface area contributed by atoms with E-state index in [2.05, 4.69) is 15.4 Å². The van der Waals surface area contributed by atoms with Crippen molar-refractivity contribution in [3.63, 3.8) is 0 Å². The van der Waals surface area contributed by atoms with E-state index in [0.717, 1.165) is 18.4 Å². The van der Waals surface area contributed by atoms with E-state index in [1.54, 1.807) is 48.5 Å². The molecule has 3 N–H and O–H groups in total. The van der Waals surface area contributed by atoms with Crippen LogP contribution in [0, 0.1) is 6.92 Å². The summed E-state index contributed by atoms with van der Waals surface area (Å²) in [6, 6.07) is 19.6. The van der Waals surface area contributed by atoms with Crippen LogP contribution in [0.1, 0.15) is 39.1 Å². The van der Waals surface area contributed by atoms with Gasteiger partial charge in [0.1, 0.15) is 0 Å². The summed E-state index contributed by atoms with van der Waals surface area (Å²) in [5, 5.41) is 5.63. The van der Waals surface area contributed by atoms with E-state index in [9.17, 15) is 18.0 Å². The Kier molecular flexibility index (Phi) is 5.96. The number of rotatable bonds is 7. The minimum atomic E-state index is -3.86. The maximum atomic E-state index is 12.7. The lowest BCUT2D eigenvalue weighted by atomic mass is 10.1. The lowest BCUT2D eigenvalue weighted by Gasteiger charge is -2.11. The second kappa shape index (κ2) is 8.84. The van der Waals surface area contributed by atoms with Crippen LogP contribution in [0.3, 0.4) is 0 Å². The molecular weight excluding hydrogens is 426 g/mol.